The number of aromatic nitrogens is 1. The highest BCUT2D eigenvalue weighted by atomic mass is 16.3. The molecule has 1 saturated heterocycles. The van der Waals surface area contributed by atoms with Crippen LogP contribution in [0.25, 0.3) is 11.5 Å². The molecule has 1 aromatic heterocycles. The Bertz CT molecular complexity index is 874. The van der Waals surface area contributed by atoms with Crippen LogP contribution in [-0.2, 0) is 13.1 Å². The van der Waals surface area contributed by atoms with E-state index in [0.29, 0.717) is 11.9 Å². The molecule has 4 rings (SSSR count). The van der Waals surface area contributed by atoms with Crippen molar-refractivity contribution in [2.24, 2.45) is 0 Å². The Balaban J connectivity index is 1.35. The van der Waals surface area contributed by atoms with Crippen LogP contribution in [0.1, 0.15) is 23.2 Å². The lowest BCUT2D eigenvalue weighted by Gasteiger charge is -2.23. The molecule has 4 heteroatoms. The molecular formula is C23H27N3O. The molecule has 0 saturated carbocycles. The molecule has 1 aliphatic rings. The second-order valence-electron chi connectivity index (χ2n) is 7.54. The van der Waals surface area contributed by atoms with E-state index in [1.165, 1.54) is 17.5 Å². The Hall–Kier alpha value is -2.43. The van der Waals surface area contributed by atoms with Gasteiger partial charge in [-0.3, -0.25) is 9.80 Å². The van der Waals surface area contributed by atoms with Gasteiger partial charge in [0.1, 0.15) is 6.26 Å². The molecule has 1 aliphatic heterocycles. The number of rotatable bonds is 6. The summed E-state index contributed by atoms with van der Waals surface area (Å²) in [6.07, 6.45) is 3.00. The smallest absolute Gasteiger partial charge is 0.226 e. The van der Waals surface area contributed by atoms with Crippen LogP contribution < -0.4 is 0 Å². The Morgan fingerprint density at radius 1 is 1.11 bits per heavy atom. The molecular weight excluding hydrogens is 334 g/mol. The van der Waals surface area contributed by atoms with Gasteiger partial charge in [-0.05, 0) is 37.6 Å². The van der Waals surface area contributed by atoms with Gasteiger partial charge in [-0.25, -0.2) is 4.98 Å². The first kappa shape index (κ1) is 18.0. The fourth-order valence-corrected chi connectivity index (χ4v) is 3.86. The maximum absolute atomic E-state index is 5.75. The zero-order chi connectivity index (χ0) is 18.6. The maximum Gasteiger partial charge on any atom is 0.226 e. The van der Waals surface area contributed by atoms with Crippen LogP contribution in [0, 0.1) is 6.92 Å². The third-order valence-electron chi connectivity index (χ3n) is 5.46. The largest absolute Gasteiger partial charge is 0.444 e. The van der Waals surface area contributed by atoms with Crippen molar-refractivity contribution in [3.63, 3.8) is 0 Å². The van der Waals surface area contributed by atoms with Crippen LogP contribution in [0.2, 0.25) is 0 Å². The summed E-state index contributed by atoms with van der Waals surface area (Å²) in [5, 5.41) is 0. The van der Waals surface area contributed by atoms with Crippen LogP contribution in [-0.4, -0.2) is 41.0 Å². The number of hydrogen-bond acceptors (Lipinski definition) is 4. The molecule has 1 atom stereocenters. The van der Waals surface area contributed by atoms with Crippen molar-refractivity contribution in [3.8, 4) is 11.5 Å². The summed E-state index contributed by atoms with van der Waals surface area (Å²) in [7, 11) is 2.19. The summed E-state index contributed by atoms with van der Waals surface area (Å²) < 4.78 is 5.75. The van der Waals surface area contributed by atoms with E-state index in [4.69, 9.17) is 9.40 Å². The van der Waals surface area contributed by atoms with Crippen molar-refractivity contribution in [1.82, 2.24) is 14.8 Å². The van der Waals surface area contributed by atoms with E-state index in [1.807, 2.05) is 12.1 Å². The Morgan fingerprint density at radius 2 is 1.89 bits per heavy atom. The highest BCUT2D eigenvalue weighted by Gasteiger charge is 2.26. The molecule has 0 bridgehead atoms. The second-order valence-corrected chi connectivity index (χ2v) is 7.54. The standard InChI is InChI=1S/C23H27N3O/c1-18-8-6-7-11-22(18)23-24-20(17-27-23)15-25(2)21-12-13-26(16-21)14-19-9-4-3-5-10-19/h3-11,17,21H,12-16H2,1-2H3. The number of likely N-dealkylation sites (tertiary alicyclic amines) is 1. The molecule has 140 valence electrons. The average Bonchev–Trinajstić information content (AvgIpc) is 3.33. The van der Waals surface area contributed by atoms with E-state index >= 15 is 0 Å². The summed E-state index contributed by atoms with van der Waals surface area (Å²) in [5.41, 5.74) is 4.64. The van der Waals surface area contributed by atoms with Gasteiger partial charge in [0.05, 0.1) is 5.69 Å². The summed E-state index contributed by atoms with van der Waals surface area (Å²) >= 11 is 0. The van der Waals surface area contributed by atoms with Crippen LogP contribution in [0.4, 0.5) is 0 Å². The van der Waals surface area contributed by atoms with E-state index in [2.05, 4.69) is 66.2 Å². The summed E-state index contributed by atoms with van der Waals surface area (Å²) in [6, 6.07) is 19.5. The number of nitrogens with zero attached hydrogens (tertiary/aromatic N) is 3. The minimum atomic E-state index is 0.562. The lowest BCUT2D eigenvalue weighted by atomic mass is 10.1. The van der Waals surface area contributed by atoms with Gasteiger partial charge in [-0.15, -0.1) is 0 Å². The molecule has 0 N–H and O–H groups in total. The number of likely N-dealkylation sites (N-methyl/N-ethyl adjacent to an activating group) is 1. The van der Waals surface area contributed by atoms with Crippen molar-refractivity contribution < 1.29 is 4.42 Å². The molecule has 0 amide bonds. The van der Waals surface area contributed by atoms with Gasteiger partial charge in [0, 0.05) is 37.8 Å². The van der Waals surface area contributed by atoms with Gasteiger partial charge in [0.15, 0.2) is 0 Å². The van der Waals surface area contributed by atoms with Crippen LogP contribution in [0.3, 0.4) is 0 Å². The minimum Gasteiger partial charge on any atom is -0.444 e. The fraction of sp³-hybridized carbons (Fsp3) is 0.348. The fourth-order valence-electron chi connectivity index (χ4n) is 3.86. The SMILES string of the molecule is Cc1ccccc1-c1nc(CN(C)C2CCN(Cc3ccccc3)C2)co1. The predicted octanol–water partition coefficient (Wildman–Crippen LogP) is 4.36. The lowest BCUT2D eigenvalue weighted by molar-refractivity contribution is 0.220. The van der Waals surface area contributed by atoms with Crippen molar-refractivity contribution in [2.75, 3.05) is 20.1 Å². The van der Waals surface area contributed by atoms with Gasteiger partial charge in [0.2, 0.25) is 5.89 Å². The van der Waals surface area contributed by atoms with Gasteiger partial charge >= 0.3 is 0 Å². The third-order valence-corrected chi connectivity index (χ3v) is 5.46. The molecule has 27 heavy (non-hydrogen) atoms. The normalized spacial score (nSPS) is 17.7. The van der Waals surface area contributed by atoms with Crippen LogP contribution >= 0.6 is 0 Å². The third kappa shape index (κ3) is 4.29. The van der Waals surface area contributed by atoms with E-state index in [9.17, 15) is 0 Å². The lowest BCUT2D eigenvalue weighted by Crippen LogP contribution is -2.34. The van der Waals surface area contributed by atoms with Crippen LogP contribution in [0.15, 0.2) is 65.3 Å². The predicted molar refractivity (Wildman–Crippen MR) is 108 cm³/mol. The molecule has 1 fully saturated rings. The molecule has 3 aromatic rings. The second kappa shape index (κ2) is 8.07. The highest BCUT2D eigenvalue weighted by Crippen LogP contribution is 2.24. The van der Waals surface area contributed by atoms with Crippen LogP contribution in [0.5, 0.6) is 0 Å². The van der Waals surface area contributed by atoms with Crippen molar-refractivity contribution in [3.05, 3.63) is 77.7 Å². The zero-order valence-electron chi connectivity index (χ0n) is 16.1. The summed E-state index contributed by atoms with van der Waals surface area (Å²) in [6.45, 7) is 6.20. The van der Waals surface area contributed by atoms with Crippen molar-refractivity contribution in [1.29, 1.82) is 0 Å². The number of benzene rings is 2. The molecule has 2 heterocycles. The highest BCUT2D eigenvalue weighted by molar-refractivity contribution is 5.58. The van der Waals surface area contributed by atoms with Gasteiger partial charge in [-0.1, -0.05) is 48.5 Å². The summed E-state index contributed by atoms with van der Waals surface area (Å²) in [4.78, 5) is 9.66. The van der Waals surface area contributed by atoms with E-state index in [-0.39, 0.29) is 0 Å². The first-order valence-corrected chi connectivity index (χ1v) is 9.66. The summed E-state index contributed by atoms with van der Waals surface area (Å²) in [5.74, 6) is 0.716. The molecule has 0 aliphatic carbocycles. The topological polar surface area (TPSA) is 32.5 Å². The van der Waals surface area contributed by atoms with Gasteiger partial charge in [-0.2, -0.15) is 0 Å². The monoisotopic (exact) mass is 361 g/mol. The molecule has 2 aromatic carbocycles. The minimum absolute atomic E-state index is 0.562. The van der Waals surface area contributed by atoms with Gasteiger partial charge in [0.25, 0.3) is 0 Å². The first-order chi connectivity index (χ1) is 13.2. The van der Waals surface area contributed by atoms with Crippen molar-refractivity contribution in [2.45, 2.75) is 32.5 Å². The molecule has 0 radical (unpaired) electrons. The van der Waals surface area contributed by atoms with Gasteiger partial charge < -0.3 is 4.42 Å². The maximum atomic E-state index is 5.75. The Kier molecular flexibility index (Phi) is 5.37. The Labute approximate surface area is 161 Å². The van der Waals surface area contributed by atoms with E-state index in [1.54, 1.807) is 6.26 Å². The first-order valence-electron chi connectivity index (χ1n) is 9.66. The number of aryl methyl sites for hydroxylation is 1. The zero-order valence-corrected chi connectivity index (χ0v) is 16.1. The molecule has 0 spiro atoms. The molecule has 1 unspecified atom stereocenters. The average molecular weight is 361 g/mol. The molecule has 4 nitrogen and oxygen atoms in total. The number of hydrogen-bond donors (Lipinski definition) is 0. The van der Waals surface area contributed by atoms with Crippen molar-refractivity contribution >= 4 is 0 Å². The number of oxazole rings is 1. The quantitative estimate of drug-likeness (QED) is 0.653. The van der Waals surface area contributed by atoms with E-state index in [0.717, 1.165) is 37.4 Å². The Morgan fingerprint density at radius 3 is 2.70 bits per heavy atom. The van der Waals surface area contributed by atoms with E-state index < -0.39 is 0 Å².